The summed E-state index contributed by atoms with van der Waals surface area (Å²) in [5, 5.41) is 20.8. The molecule has 0 aromatic heterocycles. The van der Waals surface area contributed by atoms with Gasteiger partial charge < -0.3 is 10.0 Å². The molecule has 1 aliphatic heterocycles. The van der Waals surface area contributed by atoms with E-state index in [1.807, 2.05) is 31.7 Å². The van der Waals surface area contributed by atoms with E-state index >= 15 is 0 Å². The molecule has 0 aliphatic carbocycles. The number of hydrogen-bond acceptors (Lipinski definition) is 4. The maximum atomic E-state index is 11.7. The normalized spacial score (nSPS) is 21.8. The number of benzene rings is 1. The lowest BCUT2D eigenvalue weighted by Crippen LogP contribution is -2.39. The van der Waals surface area contributed by atoms with Gasteiger partial charge in [-0.2, -0.15) is 0 Å². The van der Waals surface area contributed by atoms with Gasteiger partial charge in [0.1, 0.15) is 5.69 Å². The third kappa shape index (κ3) is 2.46. The molecular formula is C15H20N2O4. The minimum atomic E-state index is -0.837. The van der Waals surface area contributed by atoms with E-state index in [1.165, 1.54) is 6.07 Å². The van der Waals surface area contributed by atoms with Crippen LogP contribution in [0.1, 0.15) is 25.8 Å². The Morgan fingerprint density at radius 3 is 2.62 bits per heavy atom. The maximum Gasteiger partial charge on any atom is 0.311 e. The van der Waals surface area contributed by atoms with E-state index in [0.717, 1.165) is 5.56 Å². The Bertz CT molecular complexity index is 585. The highest BCUT2D eigenvalue weighted by Crippen LogP contribution is 2.43. The smallest absolute Gasteiger partial charge is 0.311 e. The molecule has 1 heterocycles. The van der Waals surface area contributed by atoms with Crippen molar-refractivity contribution in [3.8, 4) is 0 Å². The summed E-state index contributed by atoms with van der Waals surface area (Å²) in [6.07, 6.45) is 0.505. The molecule has 0 radical (unpaired) electrons. The van der Waals surface area contributed by atoms with Crippen LogP contribution in [0.2, 0.25) is 0 Å². The molecule has 1 fully saturated rings. The van der Waals surface area contributed by atoms with Crippen molar-refractivity contribution in [3.63, 3.8) is 0 Å². The fraction of sp³-hybridized carbons (Fsp3) is 0.533. The molecule has 0 spiro atoms. The molecule has 1 saturated heterocycles. The molecule has 114 valence electrons. The summed E-state index contributed by atoms with van der Waals surface area (Å²) in [5.41, 5.74) is 0.552. The molecule has 1 N–H and O–H groups in total. The van der Waals surface area contributed by atoms with Crippen LogP contribution in [0.25, 0.3) is 0 Å². The number of aryl methyl sites for hydroxylation is 1. The highest BCUT2D eigenvalue weighted by Gasteiger charge is 2.48. The van der Waals surface area contributed by atoms with Gasteiger partial charge in [0.15, 0.2) is 0 Å². The van der Waals surface area contributed by atoms with Gasteiger partial charge in [0.2, 0.25) is 0 Å². The van der Waals surface area contributed by atoms with Crippen LogP contribution in [0.5, 0.6) is 0 Å². The van der Waals surface area contributed by atoms with Crippen molar-refractivity contribution in [1.82, 2.24) is 0 Å². The van der Waals surface area contributed by atoms with Gasteiger partial charge >= 0.3 is 5.97 Å². The Hall–Kier alpha value is -2.11. The highest BCUT2D eigenvalue weighted by atomic mass is 16.6. The lowest BCUT2D eigenvalue weighted by atomic mass is 9.76. The monoisotopic (exact) mass is 292 g/mol. The molecular weight excluding hydrogens is 272 g/mol. The lowest BCUT2D eigenvalue weighted by Gasteiger charge is -2.29. The molecule has 21 heavy (non-hydrogen) atoms. The van der Waals surface area contributed by atoms with Gasteiger partial charge in [-0.25, -0.2) is 0 Å². The summed E-state index contributed by atoms with van der Waals surface area (Å²) in [4.78, 5) is 24.4. The first kappa shape index (κ1) is 15.3. The quantitative estimate of drug-likeness (QED) is 0.681. The van der Waals surface area contributed by atoms with Crippen molar-refractivity contribution in [2.24, 2.45) is 11.3 Å². The molecule has 1 aromatic carbocycles. The van der Waals surface area contributed by atoms with Crippen LogP contribution in [-0.4, -0.2) is 29.1 Å². The second kappa shape index (κ2) is 5.35. The van der Waals surface area contributed by atoms with Crippen molar-refractivity contribution < 1.29 is 14.8 Å². The number of anilines is 1. The number of nitro benzene ring substituents is 1. The average molecular weight is 292 g/mol. The van der Waals surface area contributed by atoms with Gasteiger partial charge in [0.25, 0.3) is 5.69 Å². The van der Waals surface area contributed by atoms with E-state index in [1.54, 1.807) is 6.07 Å². The largest absolute Gasteiger partial charge is 0.481 e. The van der Waals surface area contributed by atoms with Crippen molar-refractivity contribution in [3.05, 3.63) is 33.9 Å². The van der Waals surface area contributed by atoms with Gasteiger partial charge in [-0.15, -0.1) is 0 Å². The number of aliphatic carboxylic acids is 1. The fourth-order valence-corrected chi connectivity index (χ4v) is 3.12. The predicted molar refractivity (Wildman–Crippen MR) is 79.6 cm³/mol. The van der Waals surface area contributed by atoms with Crippen molar-refractivity contribution in [2.45, 2.75) is 27.2 Å². The van der Waals surface area contributed by atoms with Gasteiger partial charge in [-0.1, -0.05) is 26.0 Å². The summed E-state index contributed by atoms with van der Waals surface area (Å²) >= 11 is 0. The van der Waals surface area contributed by atoms with E-state index in [0.29, 0.717) is 25.2 Å². The number of nitrogens with zero attached hydrogens (tertiary/aromatic N) is 2. The van der Waals surface area contributed by atoms with Crippen LogP contribution in [0.4, 0.5) is 11.4 Å². The van der Waals surface area contributed by atoms with E-state index in [4.69, 9.17) is 0 Å². The van der Waals surface area contributed by atoms with Crippen LogP contribution in [-0.2, 0) is 4.79 Å². The molecule has 6 heteroatoms. The number of para-hydroxylation sites is 1. The maximum absolute atomic E-state index is 11.7. The van der Waals surface area contributed by atoms with Crippen LogP contribution in [0, 0.1) is 28.4 Å². The number of hydrogen-bond donors (Lipinski definition) is 1. The summed E-state index contributed by atoms with van der Waals surface area (Å²) in [6.45, 7) is 6.44. The van der Waals surface area contributed by atoms with Gasteiger partial charge in [-0.3, -0.25) is 14.9 Å². The molecule has 6 nitrogen and oxygen atoms in total. The van der Waals surface area contributed by atoms with Crippen LogP contribution in [0.15, 0.2) is 18.2 Å². The lowest BCUT2D eigenvalue weighted by molar-refractivity contribution is -0.384. The molecule has 1 unspecified atom stereocenters. The van der Waals surface area contributed by atoms with Gasteiger partial charge in [-0.05, 0) is 24.8 Å². The first-order valence-electron chi connectivity index (χ1n) is 7.02. The number of rotatable bonds is 4. The third-order valence-corrected chi connectivity index (χ3v) is 4.56. The van der Waals surface area contributed by atoms with Crippen molar-refractivity contribution >= 4 is 17.3 Å². The van der Waals surface area contributed by atoms with Crippen LogP contribution in [0.3, 0.4) is 0 Å². The minimum Gasteiger partial charge on any atom is -0.481 e. The van der Waals surface area contributed by atoms with E-state index < -0.39 is 16.3 Å². The zero-order chi connectivity index (χ0) is 15.8. The molecule has 0 amide bonds. The van der Waals surface area contributed by atoms with E-state index in [-0.39, 0.29) is 11.6 Å². The Morgan fingerprint density at radius 1 is 1.48 bits per heavy atom. The molecule has 0 saturated carbocycles. The van der Waals surface area contributed by atoms with Gasteiger partial charge in [0, 0.05) is 19.2 Å². The summed E-state index contributed by atoms with van der Waals surface area (Å²) in [7, 11) is 0. The molecule has 1 atom stereocenters. The average Bonchev–Trinajstić information content (AvgIpc) is 2.84. The second-order valence-electron chi connectivity index (χ2n) is 5.99. The Morgan fingerprint density at radius 2 is 2.14 bits per heavy atom. The molecule has 1 aliphatic rings. The number of nitro groups is 1. The van der Waals surface area contributed by atoms with E-state index in [2.05, 4.69) is 0 Å². The number of carboxylic acid groups (broad SMARTS) is 1. The van der Waals surface area contributed by atoms with Crippen LogP contribution >= 0.6 is 0 Å². The van der Waals surface area contributed by atoms with Gasteiger partial charge in [0.05, 0.1) is 10.3 Å². The molecule has 0 bridgehead atoms. The molecule has 1 aromatic rings. The first-order chi connectivity index (χ1) is 9.79. The Labute approximate surface area is 123 Å². The summed E-state index contributed by atoms with van der Waals surface area (Å²) in [5.74, 6) is -0.848. The highest BCUT2D eigenvalue weighted by molar-refractivity contribution is 5.78. The zero-order valence-electron chi connectivity index (χ0n) is 12.5. The summed E-state index contributed by atoms with van der Waals surface area (Å²) in [6, 6.07) is 4.94. The SMILES string of the molecule is Cc1cccc([N+](=O)[O-])c1N1CCC(C(=O)O)(C(C)C)C1. The number of carboxylic acids is 1. The number of carbonyl (C=O) groups is 1. The van der Waals surface area contributed by atoms with Crippen LogP contribution < -0.4 is 4.90 Å². The fourth-order valence-electron chi connectivity index (χ4n) is 3.12. The van der Waals surface area contributed by atoms with Crippen molar-refractivity contribution in [1.29, 1.82) is 0 Å². The summed E-state index contributed by atoms with van der Waals surface area (Å²) < 4.78 is 0. The Kier molecular flexibility index (Phi) is 3.89. The minimum absolute atomic E-state index is 0.0249. The van der Waals surface area contributed by atoms with Crippen molar-refractivity contribution in [2.75, 3.05) is 18.0 Å². The Balaban J connectivity index is 2.43. The van der Waals surface area contributed by atoms with E-state index in [9.17, 15) is 20.0 Å². The second-order valence-corrected chi connectivity index (χ2v) is 5.99. The third-order valence-electron chi connectivity index (χ3n) is 4.56. The first-order valence-corrected chi connectivity index (χ1v) is 7.02. The zero-order valence-corrected chi connectivity index (χ0v) is 12.5. The standard InChI is InChI=1S/C15H20N2O4/c1-10(2)15(14(18)19)7-8-16(9-15)13-11(3)5-4-6-12(13)17(20)21/h4-6,10H,7-9H2,1-3H3,(H,18,19). The molecule has 2 rings (SSSR count). The predicted octanol–water partition coefficient (Wildman–Crippen LogP) is 2.84. The topological polar surface area (TPSA) is 83.7 Å².